The van der Waals surface area contributed by atoms with Gasteiger partial charge < -0.3 is 15.0 Å². The Morgan fingerprint density at radius 1 is 1.19 bits per heavy atom. The number of benzene rings is 2. The summed E-state index contributed by atoms with van der Waals surface area (Å²) in [4.78, 5) is 25.4. The first kappa shape index (κ1) is 22.4. The van der Waals surface area contributed by atoms with Crippen molar-refractivity contribution >= 4 is 40.8 Å². The zero-order chi connectivity index (χ0) is 22.5. The lowest BCUT2D eigenvalue weighted by Crippen LogP contribution is -2.41. The summed E-state index contributed by atoms with van der Waals surface area (Å²) in [7, 11) is 1.56. The van der Waals surface area contributed by atoms with E-state index in [0.29, 0.717) is 23.0 Å². The van der Waals surface area contributed by atoms with Crippen molar-refractivity contribution in [1.82, 2.24) is 9.97 Å². The number of amides is 1. The summed E-state index contributed by atoms with van der Waals surface area (Å²) in [6, 6.07) is 13.6. The summed E-state index contributed by atoms with van der Waals surface area (Å²) < 4.78 is 5.18. The number of methoxy groups -OCH3 is 1. The van der Waals surface area contributed by atoms with Crippen LogP contribution in [0.4, 0.5) is 11.5 Å². The van der Waals surface area contributed by atoms with Gasteiger partial charge in [0.05, 0.1) is 18.1 Å². The fourth-order valence-electron chi connectivity index (χ4n) is 3.70. The highest BCUT2D eigenvalue weighted by molar-refractivity contribution is 7.99. The van der Waals surface area contributed by atoms with Gasteiger partial charge in [0.2, 0.25) is 5.91 Å². The third-order valence-electron chi connectivity index (χ3n) is 5.39. The molecule has 6 nitrogen and oxygen atoms in total. The van der Waals surface area contributed by atoms with Crippen molar-refractivity contribution in [3.8, 4) is 5.75 Å². The van der Waals surface area contributed by atoms with E-state index in [1.165, 1.54) is 5.56 Å². The number of ether oxygens (including phenoxy) is 1. The molecule has 4 rings (SSSR count). The van der Waals surface area contributed by atoms with Crippen molar-refractivity contribution in [2.75, 3.05) is 30.4 Å². The van der Waals surface area contributed by atoms with Crippen molar-refractivity contribution in [2.24, 2.45) is 5.92 Å². The molecule has 1 unspecified atom stereocenters. The molecule has 8 heteroatoms. The molecule has 2 aromatic carbocycles. The Balaban J connectivity index is 1.46. The molecular formula is C24H25ClN4O2S. The Labute approximate surface area is 197 Å². The molecule has 1 amide bonds. The van der Waals surface area contributed by atoms with E-state index in [2.05, 4.69) is 51.4 Å². The smallest absolute Gasteiger partial charge is 0.229 e. The average molecular weight is 469 g/mol. The first-order valence-electron chi connectivity index (χ1n) is 10.5. The molecule has 166 valence electrons. The number of halogens is 1. The third kappa shape index (κ3) is 5.34. The van der Waals surface area contributed by atoms with Gasteiger partial charge in [-0.25, -0.2) is 9.97 Å². The lowest BCUT2D eigenvalue weighted by Gasteiger charge is -2.33. The lowest BCUT2D eigenvalue weighted by atomic mass is 9.97. The fourth-order valence-corrected chi connectivity index (χ4v) is 4.84. The van der Waals surface area contributed by atoms with Gasteiger partial charge >= 0.3 is 0 Å². The Hall–Kier alpha value is -2.77. The molecule has 32 heavy (non-hydrogen) atoms. The van der Waals surface area contributed by atoms with Crippen LogP contribution in [0, 0.1) is 12.8 Å². The van der Waals surface area contributed by atoms with Crippen LogP contribution in [0.2, 0.25) is 5.02 Å². The summed E-state index contributed by atoms with van der Waals surface area (Å²) in [5, 5.41) is 4.30. The maximum absolute atomic E-state index is 13.0. The number of hydrogen-bond acceptors (Lipinski definition) is 6. The number of nitrogens with zero attached hydrogens (tertiary/aromatic N) is 3. The summed E-state index contributed by atoms with van der Waals surface area (Å²) in [5.74, 6) is 1.23. The lowest BCUT2D eigenvalue weighted by molar-refractivity contribution is -0.120. The van der Waals surface area contributed by atoms with Crippen molar-refractivity contribution < 1.29 is 9.53 Å². The van der Waals surface area contributed by atoms with Gasteiger partial charge in [0, 0.05) is 36.1 Å². The van der Waals surface area contributed by atoms with Crippen molar-refractivity contribution in [2.45, 2.75) is 29.7 Å². The van der Waals surface area contributed by atoms with Gasteiger partial charge in [0.1, 0.15) is 10.8 Å². The molecule has 0 radical (unpaired) electrons. The van der Waals surface area contributed by atoms with Gasteiger partial charge in [-0.3, -0.25) is 4.79 Å². The zero-order valence-corrected chi connectivity index (χ0v) is 19.6. The van der Waals surface area contributed by atoms with E-state index in [0.717, 1.165) is 35.1 Å². The number of aryl methyl sites for hydroxylation is 1. The van der Waals surface area contributed by atoms with E-state index >= 15 is 0 Å². The van der Waals surface area contributed by atoms with E-state index in [-0.39, 0.29) is 11.8 Å². The number of piperidine rings is 1. The maximum atomic E-state index is 13.0. The van der Waals surface area contributed by atoms with Crippen molar-refractivity contribution in [3.63, 3.8) is 0 Å². The van der Waals surface area contributed by atoms with Gasteiger partial charge in [-0.1, -0.05) is 41.1 Å². The minimum Gasteiger partial charge on any atom is -0.495 e. The van der Waals surface area contributed by atoms with Crippen molar-refractivity contribution in [3.05, 3.63) is 65.4 Å². The monoisotopic (exact) mass is 468 g/mol. The van der Waals surface area contributed by atoms with Gasteiger partial charge in [-0.2, -0.15) is 0 Å². The van der Waals surface area contributed by atoms with E-state index < -0.39 is 0 Å². The van der Waals surface area contributed by atoms with Gasteiger partial charge in [0.25, 0.3) is 0 Å². The highest BCUT2D eigenvalue weighted by Crippen LogP contribution is 2.34. The molecule has 0 saturated carbocycles. The van der Waals surface area contributed by atoms with E-state index in [9.17, 15) is 4.79 Å². The number of nitrogens with one attached hydrogen (secondary N) is 1. The summed E-state index contributed by atoms with van der Waals surface area (Å²) in [5.41, 5.74) is 1.88. The Morgan fingerprint density at radius 2 is 1.97 bits per heavy atom. The molecule has 2 heterocycles. The second-order valence-corrected chi connectivity index (χ2v) is 9.19. The fraction of sp³-hybridized carbons (Fsp3) is 0.292. The summed E-state index contributed by atoms with van der Waals surface area (Å²) in [6.45, 7) is 3.51. The molecule has 1 aromatic heterocycles. The molecule has 1 aliphatic heterocycles. The second-order valence-electron chi connectivity index (χ2n) is 7.72. The number of rotatable bonds is 6. The van der Waals surface area contributed by atoms with Crippen LogP contribution in [0.3, 0.4) is 0 Å². The zero-order valence-electron chi connectivity index (χ0n) is 18.0. The minimum atomic E-state index is -0.149. The van der Waals surface area contributed by atoms with Gasteiger partial charge in [-0.05, 0) is 50.1 Å². The quantitative estimate of drug-likeness (QED) is 0.518. The van der Waals surface area contributed by atoms with E-state index in [4.69, 9.17) is 16.3 Å². The summed E-state index contributed by atoms with van der Waals surface area (Å²) >= 11 is 7.78. The van der Waals surface area contributed by atoms with E-state index in [1.54, 1.807) is 49.5 Å². The number of carbonyl (C=O) groups excluding carboxylic acids is 1. The van der Waals surface area contributed by atoms with Crippen LogP contribution >= 0.6 is 23.4 Å². The second kappa shape index (κ2) is 10.2. The Morgan fingerprint density at radius 3 is 2.72 bits per heavy atom. The number of carbonyl (C=O) groups is 1. The average Bonchev–Trinajstić information content (AvgIpc) is 2.81. The van der Waals surface area contributed by atoms with Gasteiger partial charge in [-0.15, -0.1) is 0 Å². The van der Waals surface area contributed by atoms with E-state index in [1.807, 2.05) is 0 Å². The topological polar surface area (TPSA) is 67.3 Å². The van der Waals surface area contributed by atoms with Crippen LogP contribution in [0.5, 0.6) is 5.75 Å². The predicted octanol–water partition coefficient (Wildman–Crippen LogP) is 5.45. The molecule has 1 atom stereocenters. The Bertz CT molecular complexity index is 1090. The SMILES string of the molecule is COc1ccc(NC(=O)C2CCCN(c3nccnc3Sc3ccc(C)cc3)C2)cc1Cl. The minimum absolute atomic E-state index is 0.0208. The highest BCUT2D eigenvalue weighted by atomic mass is 35.5. The van der Waals surface area contributed by atoms with Crippen LogP contribution in [0.25, 0.3) is 0 Å². The molecular weight excluding hydrogens is 444 g/mol. The van der Waals surface area contributed by atoms with Crippen LogP contribution < -0.4 is 15.0 Å². The predicted molar refractivity (Wildman–Crippen MR) is 129 cm³/mol. The molecule has 1 N–H and O–H groups in total. The molecule has 0 bridgehead atoms. The largest absolute Gasteiger partial charge is 0.495 e. The van der Waals surface area contributed by atoms with Gasteiger partial charge in [0.15, 0.2) is 5.82 Å². The molecule has 1 aliphatic rings. The first-order valence-corrected chi connectivity index (χ1v) is 11.7. The number of anilines is 2. The molecule has 1 fully saturated rings. The Kier molecular flexibility index (Phi) is 7.17. The normalized spacial score (nSPS) is 16.0. The maximum Gasteiger partial charge on any atom is 0.229 e. The number of aromatic nitrogens is 2. The molecule has 0 aliphatic carbocycles. The number of hydrogen-bond donors (Lipinski definition) is 1. The molecule has 0 spiro atoms. The van der Waals surface area contributed by atoms with Crippen LogP contribution in [0.15, 0.2) is 64.8 Å². The molecule has 3 aromatic rings. The molecule has 1 saturated heterocycles. The van der Waals surface area contributed by atoms with Crippen LogP contribution in [-0.4, -0.2) is 36.1 Å². The first-order chi connectivity index (χ1) is 15.5. The van der Waals surface area contributed by atoms with Crippen molar-refractivity contribution in [1.29, 1.82) is 0 Å². The van der Waals surface area contributed by atoms with Crippen LogP contribution in [0.1, 0.15) is 18.4 Å². The van der Waals surface area contributed by atoms with Crippen LogP contribution in [-0.2, 0) is 4.79 Å². The highest BCUT2D eigenvalue weighted by Gasteiger charge is 2.28. The summed E-state index contributed by atoms with van der Waals surface area (Å²) in [6.07, 6.45) is 5.15. The third-order valence-corrected chi connectivity index (χ3v) is 6.68. The standard InChI is InChI=1S/C24H25ClN4O2S/c1-16-5-8-19(9-6-16)32-24-22(26-11-12-27-24)29-13-3-4-17(15-29)23(30)28-18-7-10-21(31-2)20(25)14-18/h5-12,14,17H,3-4,13,15H2,1-2H3,(H,28,30).